The summed E-state index contributed by atoms with van der Waals surface area (Å²) < 4.78 is 5.84. The smallest absolute Gasteiger partial charge is 0.309 e. The largest absolute Gasteiger partial charge is 0.463 e. The lowest BCUT2D eigenvalue weighted by atomic mass is 9.94. The highest BCUT2D eigenvalue weighted by molar-refractivity contribution is 5.86. The molecule has 2 N–H and O–H groups in total. The van der Waals surface area contributed by atoms with Gasteiger partial charge in [0.25, 0.3) is 0 Å². The van der Waals surface area contributed by atoms with Crippen LogP contribution in [0.3, 0.4) is 0 Å². The summed E-state index contributed by atoms with van der Waals surface area (Å²) in [5.41, 5.74) is 2.77. The molecule has 0 saturated heterocycles. The third-order valence-electron chi connectivity index (χ3n) is 7.47. The molecule has 0 unspecified atom stereocenters. The van der Waals surface area contributed by atoms with Crippen LogP contribution in [0.15, 0.2) is 116 Å². The Morgan fingerprint density at radius 1 is 0.841 bits per heavy atom. The van der Waals surface area contributed by atoms with E-state index in [-0.39, 0.29) is 56.3 Å². The zero-order valence-electron chi connectivity index (χ0n) is 25.4. The van der Waals surface area contributed by atoms with Gasteiger partial charge in [-0.25, -0.2) is 0 Å². The van der Waals surface area contributed by atoms with E-state index in [9.17, 15) is 19.5 Å². The van der Waals surface area contributed by atoms with Crippen molar-refractivity contribution < 1.29 is 24.2 Å². The van der Waals surface area contributed by atoms with E-state index < -0.39 is 12.0 Å². The number of aliphatic hydroxyl groups is 1. The summed E-state index contributed by atoms with van der Waals surface area (Å²) in [6.07, 6.45) is 5.49. The number of nitrogens with one attached hydrogen (secondary N) is 1. The average Bonchev–Trinajstić information content (AvgIpc) is 3.05. The number of rotatable bonds is 19. The zero-order valence-corrected chi connectivity index (χ0v) is 25.4. The number of esters is 1. The molecule has 7 nitrogen and oxygen atoms in total. The molecule has 3 rings (SSSR count). The topological polar surface area (TPSA) is 95.9 Å². The quantitative estimate of drug-likeness (QED) is 0.134. The second-order valence-corrected chi connectivity index (χ2v) is 10.8. The molecule has 3 aromatic carbocycles. The Morgan fingerprint density at radius 3 is 2.05 bits per heavy atom. The molecule has 0 aliphatic carbocycles. The first kappa shape index (κ1) is 34.0. The van der Waals surface area contributed by atoms with Crippen molar-refractivity contribution in [2.75, 3.05) is 19.8 Å². The lowest BCUT2D eigenvalue weighted by Gasteiger charge is -2.26. The maximum atomic E-state index is 13.6. The fraction of sp³-hybridized carbons (Fsp3) is 0.324. The van der Waals surface area contributed by atoms with Crippen LogP contribution >= 0.6 is 0 Å². The number of nitrogens with zero attached hydrogens (tertiary/aromatic N) is 1. The molecule has 0 fully saturated rings. The predicted molar refractivity (Wildman–Crippen MR) is 173 cm³/mol. The fourth-order valence-corrected chi connectivity index (χ4v) is 5.04. The van der Waals surface area contributed by atoms with Gasteiger partial charge in [0, 0.05) is 19.5 Å². The van der Waals surface area contributed by atoms with Crippen LogP contribution in [-0.4, -0.2) is 47.5 Å². The molecular formula is C37H44N2O5. The number of benzene rings is 3. The lowest BCUT2D eigenvalue weighted by Crippen LogP contribution is -2.40. The van der Waals surface area contributed by atoms with E-state index in [4.69, 9.17) is 4.74 Å². The van der Waals surface area contributed by atoms with Crippen molar-refractivity contribution in [3.05, 3.63) is 133 Å². The van der Waals surface area contributed by atoms with E-state index in [1.807, 2.05) is 91.0 Å². The molecule has 7 heteroatoms. The minimum atomic E-state index is -0.683. The Bertz CT molecular complexity index is 1310. The van der Waals surface area contributed by atoms with E-state index in [1.165, 1.54) is 0 Å². The van der Waals surface area contributed by atoms with Gasteiger partial charge < -0.3 is 20.1 Å². The summed E-state index contributed by atoms with van der Waals surface area (Å²) in [4.78, 5) is 41.8. The van der Waals surface area contributed by atoms with Crippen molar-refractivity contribution >= 4 is 17.8 Å². The molecule has 44 heavy (non-hydrogen) atoms. The molecule has 0 aliphatic heterocycles. The van der Waals surface area contributed by atoms with E-state index in [0.717, 1.165) is 16.7 Å². The third kappa shape index (κ3) is 11.3. The molecule has 3 atom stereocenters. The van der Waals surface area contributed by atoms with Crippen molar-refractivity contribution in [2.24, 2.45) is 11.8 Å². The summed E-state index contributed by atoms with van der Waals surface area (Å²) in [5.74, 6) is -1.93. The van der Waals surface area contributed by atoms with Crippen LogP contribution in [0.2, 0.25) is 0 Å². The maximum Gasteiger partial charge on any atom is 0.309 e. The molecule has 2 amide bonds. The van der Waals surface area contributed by atoms with Crippen molar-refractivity contribution in [1.29, 1.82) is 0 Å². The molecule has 0 aliphatic rings. The van der Waals surface area contributed by atoms with E-state index in [1.54, 1.807) is 17.1 Å². The summed E-state index contributed by atoms with van der Waals surface area (Å²) in [5, 5.41) is 12.6. The first-order valence-electron chi connectivity index (χ1n) is 15.1. The Hall–Kier alpha value is -4.49. The summed E-state index contributed by atoms with van der Waals surface area (Å²) in [7, 11) is 0. The molecule has 232 valence electrons. The van der Waals surface area contributed by atoms with Crippen molar-refractivity contribution in [2.45, 2.75) is 44.7 Å². The lowest BCUT2D eigenvalue weighted by molar-refractivity contribution is -0.150. The zero-order chi connectivity index (χ0) is 31.6. The molecule has 0 bridgehead atoms. The molecule has 3 aromatic rings. The van der Waals surface area contributed by atoms with Crippen LogP contribution in [-0.2, 0) is 32.1 Å². The monoisotopic (exact) mass is 596 g/mol. The Kier molecular flexibility index (Phi) is 14.6. The number of amides is 2. The molecule has 0 saturated carbocycles. The molecule has 0 aromatic heterocycles. The van der Waals surface area contributed by atoms with Gasteiger partial charge in [0.1, 0.15) is 6.61 Å². The van der Waals surface area contributed by atoms with Crippen LogP contribution in [0.1, 0.15) is 48.4 Å². The second-order valence-electron chi connectivity index (χ2n) is 10.8. The molecule has 0 radical (unpaired) electrons. The van der Waals surface area contributed by atoms with Crippen LogP contribution in [0.4, 0.5) is 0 Å². The van der Waals surface area contributed by atoms with Crippen LogP contribution in [0.25, 0.3) is 0 Å². The molecule has 0 spiro atoms. The van der Waals surface area contributed by atoms with Crippen LogP contribution in [0.5, 0.6) is 0 Å². The van der Waals surface area contributed by atoms with Crippen molar-refractivity contribution in [3.63, 3.8) is 0 Å². The first-order chi connectivity index (χ1) is 21.4. The average molecular weight is 597 g/mol. The normalized spacial score (nSPS) is 12.8. The Morgan fingerprint density at radius 2 is 1.45 bits per heavy atom. The predicted octanol–water partition coefficient (Wildman–Crippen LogP) is 5.82. The third-order valence-corrected chi connectivity index (χ3v) is 7.47. The van der Waals surface area contributed by atoms with Gasteiger partial charge in [-0.2, -0.15) is 0 Å². The van der Waals surface area contributed by atoms with Gasteiger partial charge in [-0.1, -0.05) is 103 Å². The molecule has 0 heterocycles. The number of carbonyl (C=O) groups excluding carboxylic acids is 3. The minimum absolute atomic E-state index is 0.0482. The van der Waals surface area contributed by atoms with E-state index >= 15 is 0 Å². The highest BCUT2D eigenvalue weighted by atomic mass is 16.5. The number of ether oxygens (including phenoxy) is 1. The number of hydrogen-bond donors (Lipinski definition) is 2. The standard InChI is InChI=1S/C37H44N2O5/c1-3-5-20-33(25-29-16-9-6-10-17-29)37(43)44-28-34(31-21-13-8-14-22-31)38-36(42)32(15-4-2)26-35(41)39(23-24-40)27-30-18-11-7-12-19-30/h3-4,6-14,16-19,21-22,32-34,40H,1-2,5,15,20,23-28H2,(H,38,42)/t32-,33+,34-/m0/s1. The SMILES string of the molecule is C=CCC[C@H](Cc1ccccc1)C(=O)OC[C@H](NC(=O)[C@@H](CC=C)CC(=O)N(CCO)Cc1ccccc1)c1ccccc1. The highest BCUT2D eigenvalue weighted by Crippen LogP contribution is 2.21. The number of hydrogen-bond acceptors (Lipinski definition) is 5. The van der Waals surface area contributed by atoms with E-state index in [0.29, 0.717) is 25.8 Å². The van der Waals surface area contributed by atoms with Crippen molar-refractivity contribution in [1.82, 2.24) is 10.2 Å². The van der Waals surface area contributed by atoms with Crippen LogP contribution in [0, 0.1) is 11.8 Å². The van der Waals surface area contributed by atoms with E-state index in [2.05, 4.69) is 18.5 Å². The second kappa shape index (κ2) is 18.9. The highest BCUT2D eigenvalue weighted by Gasteiger charge is 2.28. The Labute approximate surface area is 261 Å². The number of carbonyl (C=O) groups is 3. The minimum Gasteiger partial charge on any atom is -0.463 e. The van der Waals surface area contributed by atoms with Gasteiger partial charge >= 0.3 is 5.97 Å². The van der Waals surface area contributed by atoms with Crippen molar-refractivity contribution in [3.8, 4) is 0 Å². The van der Waals surface area contributed by atoms with Gasteiger partial charge in [0.2, 0.25) is 11.8 Å². The van der Waals surface area contributed by atoms with Crippen LogP contribution < -0.4 is 5.32 Å². The summed E-state index contributed by atoms with van der Waals surface area (Å²) >= 11 is 0. The van der Waals surface area contributed by atoms with Gasteiger partial charge in [-0.3, -0.25) is 14.4 Å². The van der Waals surface area contributed by atoms with Gasteiger partial charge in [0.15, 0.2) is 0 Å². The summed E-state index contributed by atoms with van der Waals surface area (Å²) in [6, 6.07) is 28.1. The van der Waals surface area contributed by atoms with Gasteiger partial charge in [-0.15, -0.1) is 13.2 Å². The maximum absolute atomic E-state index is 13.6. The number of allylic oxidation sites excluding steroid dienone is 2. The molecular weight excluding hydrogens is 552 g/mol. The fourth-order valence-electron chi connectivity index (χ4n) is 5.04. The van der Waals surface area contributed by atoms with Gasteiger partial charge in [-0.05, 0) is 42.4 Å². The van der Waals surface area contributed by atoms with Gasteiger partial charge in [0.05, 0.1) is 24.5 Å². The summed E-state index contributed by atoms with van der Waals surface area (Å²) in [6.45, 7) is 7.85. The Balaban J connectivity index is 1.71. The number of aliphatic hydroxyl groups excluding tert-OH is 1. The first-order valence-corrected chi connectivity index (χ1v) is 15.1.